The molecule has 1 aliphatic heterocycles. The van der Waals surface area contributed by atoms with Gasteiger partial charge in [-0.2, -0.15) is 0 Å². The summed E-state index contributed by atoms with van der Waals surface area (Å²) < 4.78 is 5.20. The molecule has 0 spiro atoms. The van der Waals surface area contributed by atoms with Crippen LogP contribution in [0.3, 0.4) is 0 Å². The van der Waals surface area contributed by atoms with Gasteiger partial charge in [-0.1, -0.05) is 30.3 Å². The maximum absolute atomic E-state index is 12.4. The summed E-state index contributed by atoms with van der Waals surface area (Å²) in [7, 11) is 0. The van der Waals surface area contributed by atoms with Gasteiger partial charge in [0, 0.05) is 31.4 Å². The number of amides is 1. The molecule has 1 aliphatic rings. The van der Waals surface area contributed by atoms with E-state index in [-0.39, 0.29) is 24.3 Å². The van der Waals surface area contributed by atoms with Crippen LogP contribution in [0, 0.1) is 0 Å². The number of carbonyl (C=O) groups is 2. The SMILES string of the molecule is CCOC(=O)c1c(NC(C)=O)sc2c1CCN(Cc1ccccc1)C2.Cl. The maximum Gasteiger partial charge on any atom is 0.341 e. The van der Waals surface area contributed by atoms with Gasteiger partial charge < -0.3 is 10.1 Å². The molecule has 0 atom stereocenters. The second-order valence-electron chi connectivity index (χ2n) is 6.06. The molecule has 0 aliphatic carbocycles. The molecule has 5 nitrogen and oxygen atoms in total. The number of nitrogens with zero attached hydrogens (tertiary/aromatic N) is 1. The molecule has 2 heterocycles. The Kier molecular flexibility index (Phi) is 7.20. The average Bonchev–Trinajstić information content (AvgIpc) is 2.92. The van der Waals surface area contributed by atoms with E-state index in [2.05, 4.69) is 22.3 Å². The molecule has 1 aromatic carbocycles. The number of hydrogen-bond acceptors (Lipinski definition) is 5. The van der Waals surface area contributed by atoms with Crippen LogP contribution < -0.4 is 5.32 Å². The van der Waals surface area contributed by atoms with E-state index in [0.29, 0.717) is 17.2 Å². The highest BCUT2D eigenvalue weighted by Crippen LogP contribution is 2.38. The van der Waals surface area contributed by atoms with E-state index in [4.69, 9.17) is 4.74 Å². The number of anilines is 1. The predicted octanol–water partition coefficient (Wildman–Crippen LogP) is 3.86. The number of thiophene rings is 1. The van der Waals surface area contributed by atoms with Crippen molar-refractivity contribution in [1.82, 2.24) is 4.90 Å². The summed E-state index contributed by atoms with van der Waals surface area (Å²) in [5, 5.41) is 3.40. The Morgan fingerprint density at radius 2 is 2.00 bits per heavy atom. The van der Waals surface area contributed by atoms with Crippen molar-refractivity contribution in [2.45, 2.75) is 33.4 Å². The second kappa shape index (κ2) is 9.16. The quantitative estimate of drug-likeness (QED) is 0.782. The average molecular weight is 395 g/mol. The van der Waals surface area contributed by atoms with Crippen molar-refractivity contribution in [3.05, 3.63) is 51.9 Å². The number of esters is 1. The van der Waals surface area contributed by atoms with Crippen LogP contribution in [0.5, 0.6) is 0 Å². The molecular formula is C19H23ClN2O3S. The van der Waals surface area contributed by atoms with E-state index in [1.807, 2.05) is 18.2 Å². The Bertz CT molecular complexity index is 777. The first-order valence-electron chi connectivity index (χ1n) is 8.44. The minimum atomic E-state index is -0.347. The zero-order valence-electron chi connectivity index (χ0n) is 14.9. The number of carbonyl (C=O) groups excluding carboxylic acids is 2. The topological polar surface area (TPSA) is 58.6 Å². The van der Waals surface area contributed by atoms with Gasteiger partial charge in [0.1, 0.15) is 5.00 Å². The second-order valence-corrected chi connectivity index (χ2v) is 7.16. The summed E-state index contributed by atoms with van der Waals surface area (Å²) in [6.07, 6.45) is 0.784. The van der Waals surface area contributed by atoms with Crippen LogP contribution in [0.1, 0.15) is 40.2 Å². The highest BCUT2D eigenvalue weighted by Gasteiger charge is 2.29. The summed E-state index contributed by atoms with van der Waals surface area (Å²) >= 11 is 1.48. The Morgan fingerprint density at radius 3 is 2.65 bits per heavy atom. The van der Waals surface area contributed by atoms with Gasteiger partial charge in [0.2, 0.25) is 5.91 Å². The maximum atomic E-state index is 12.4. The molecule has 0 saturated carbocycles. The molecule has 7 heteroatoms. The standard InChI is InChI=1S/C19H22N2O3S.ClH/c1-3-24-19(23)17-15-9-10-21(11-14-7-5-4-6-8-14)12-16(15)25-18(17)20-13(2)22;/h4-8H,3,9-12H2,1-2H3,(H,20,22);1H. The van der Waals surface area contributed by atoms with Gasteiger partial charge in [-0.15, -0.1) is 23.7 Å². The highest BCUT2D eigenvalue weighted by atomic mass is 35.5. The van der Waals surface area contributed by atoms with Crippen LogP contribution >= 0.6 is 23.7 Å². The lowest BCUT2D eigenvalue weighted by Crippen LogP contribution is -2.29. The minimum Gasteiger partial charge on any atom is -0.462 e. The number of rotatable bonds is 5. The molecule has 2 aromatic rings. The fourth-order valence-corrected chi connectivity index (χ4v) is 4.42. The van der Waals surface area contributed by atoms with Crippen molar-refractivity contribution in [2.75, 3.05) is 18.5 Å². The van der Waals surface area contributed by atoms with Gasteiger partial charge in [-0.3, -0.25) is 9.69 Å². The molecule has 0 bridgehead atoms. The molecule has 0 unspecified atom stereocenters. The third-order valence-corrected chi connectivity index (χ3v) is 5.29. The fraction of sp³-hybridized carbons (Fsp3) is 0.368. The molecule has 140 valence electrons. The van der Waals surface area contributed by atoms with Gasteiger partial charge in [0.15, 0.2) is 0 Å². The van der Waals surface area contributed by atoms with Crippen molar-refractivity contribution in [3.8, 4) is 0 Å². The van der Waals surface area contributed by atoms with Gasteiger partial charge in [0.05, 0.1) is 12.2 Å². The van der Waals surface area contributed by atoms with Crippen molar-refractivity contribution >= 4 is 40.6 Å². The number of ether oxygens (including phenoxy) is 1. The lowest BCUT2D eigenvalue weighted by atomic mass is 10.0. The van der Waals surface area contributed by atoms with Crippen LogP contribution in [-0.4, -0.2) is 29.9 Å². The predicted molar refractivity (Wildman–Crippen MR) is 106 cm³/mol. The minimum absolute atomic E-state index is 0. The first kappa shape index (κ1) is 20.4. The monoisotopic (exact) mass is 394 g/mol. The third-order valence-electron chi connectivity index (χ3n) is 4.15. The van der Waals surface area contributed by atoms with Crippen LogP contribution in [0.15, 0.2) is 30.3 Å². The molecule has 0 fully saturated rings. The van der Waals surface area contributed by atoms with Crippen molar-refractivity contribution < 1.29 is 14.3 Å². The molecule has 1 amide bonds. The molecule has 1 aromatic heterocycles. The van der Waals surface area contributed by atoms with E-state index in [1.54, 1.807) is 6.92 Å². The molecule has 26 heavy (non-hydrogen) atoms. The number of benzene rings is 1. The lowest BCUT2D eigenvalue weighted by Gasteiger charge is -2.27. The van der Waals surface area contributed by atoms with Crippen LogP contribution in [0.25, 0.3) is 0 Å². The van der Waals surface area contributed by atoms with Crippen LogP contribution in [0.4, 0.5) is 5.00 Å². The van der Waals surface area contributed by atoms with Gasteiger partial charge >= 0.3 is 5.97 Å². The zero-order chi connectivity index (χ0) is 17.8. The largest absolute Gasteiger partial charge is 0.462 e. The first-order chi connectivity index (χ1) is 12.1. The summed E-state index contributed by atoms with van der Waals surface area (Å²) in [4.78, 5) is 27.4. The Hall–Kier alpha value is -1.89. The third kappa shape index (κ3) is 4.63. The summed E-state index contributed by atoms with van der Waals surface area (Å²) in [5.41, 5.74) is 2.84. The fourth-order valence-electron chi connectivity index (χ4n) is 3.10. The van der Waals surface area contributed by atoms with Crippen molar-refractivity contribution in [1.29, 1.82) is 0 Å². The number of fused-ring (bicyclic) bond motifs is 1. The van der Waals surface area contributed by atoms with E-state index >= 15 is 0 Å². The lowest BCUT2D eigenvalue weighted by molar-refractivity contribution is -0.114. The van der Waals surface area contributed by atoms with Crippen LogP contribution in [-0.2, 0) is 29.0 Å². The number of nitrogens with one attached hydrogen (secondary N) is 1. The normalized spacial score (nSPS) is 13.5. The Morgan fingerprint density at radius 1 is 1.27 bits per heavy atom. The van der Waals surface area contributed by atoms with Crippen molar-refractivity contribution in [3.63, 3.8) is 0 Å². The summed E-state index contributed by atoms with van der Waals surface area (Å²) in [6.45, 7) is 6.10. The first-order valence-corrected chi connectivity index (χ1v) is 9.25. The van der Waals surface area contributed by atoms with E-state index in [0.717, 1.165) is 36.5 Å². The smallest absolute Gasteiger partial charge is 0.341 e. The van der Waals surface area contributed by atoms with Crippen molar-refractivity contribution in [2.24, 2.45) is 0 Å². The van der Waals surface area contributed by atoms with Gasteiger partial charge in [0.25, 0.3) is 0 Å². The molecular weight excluding hydrogens is 372 g/mol. The number of halogens is 1. The van der Waals surface area contributed by atoms with Gasteiger partial charge in [-0.25, -0.2) is 4.79 Å². The molecule has 3 rings (SSSR count). The van der Waals surface area contributed by atoms with E-state index < -0.39 is 0 Å². The Labute approximate surface area is 163 Å². The zero-order valence-corrected chi connectivity index (χ0v) is 16.5. The highest BCUT2D eigenvalue weighted by molar-refractivity contribution is 7.17. The van der Waals surface area contributed by atoms with Crippen LogP contribution in [0.2, 0.25) is 0 Å². The Balaban J connectivity index is 0.00000243. The summed E-state index contributed by atoms with van der Waals surface area (Å²) in [6, 6.07) is 10.4. The molecule has 1 N–H and O–H groups in total. The molecule has 0 radical (unpaired) electrons. The molecule has 0 saturated heterocycles. The van der Waals surface area contributed by atoms with E-state index in [9.17, 15) is 9.59 Å². The van der Waals surface area contributed by atoms with Gasteiger partial charge in [-0.05, 0) is 24.5 Å². The number of hydrogen-bond donors (Lipinski definition) is 1. The van der Waals surface area contributed by atoms with E-state index in [1.165, 1.54) is 23.8 Å². The summed E-state index contributed by atoms with van der Waals surface area (Å²) in [5.74, 6) is -0.523.